The van der Waals surface area contributed by atoms with Crippen LogP contribution >= 0.6 is 0 Å². The van der Waals surface area contributed by atoms with Gasteiger partial charge in [-0.15, -0.1) is 0 Å². The van der Waals surface area contributed by atoms with Crippen molar-refractivity contribution in [2.45, 2.75) is 77.0 Å². The van der Waals surface area contributed by atoms with Gasteiger partial charge in [-0.1, -0.05) is 26.7 Å². The van der Waals surface area contributed by atoms with E-state index in [1.807, 2.05) is 0 Å². The maximum Gasteiger partial charge on any atom is 0.119 e. The Morgan fingerprint density at radius 2 is 1.68 bits per heavy atom. The zero-order valence-electron chi connectivity index (χ0n) is 13.2. The lowest BCUT2D eigenvalue weighted by Crippen LogP contribution is -2.72. The predicted octanol–water partition coefficient (Wildman–Crippen LogP) is 1.57. The summed E-state index contributed by atoms with van der Waals surface area (Å²) in [6.07, 6.45) is 11.0. The van der Waals surface area contributed by atoms with Gasteiger partial charge >= 0.3 is 0 Å². The van der Waals surface area contributed by atoms with E-state index < -0.39 is 0 Å². The number of hydrogen-bond acceptors (Lipinski definition) is 3. The second-order valence-electron chi connectivity index (χ2n) is 6.48. The Labute approximate surface area is 122 Å². The van der Waals surface area contributed by atoms with Crippen molar-refractivity contribution in [3.8, 4) is 0 Å². The Morgan fingerprint density at radius 1 is 1.05 bits per heavy atom. The fraction of sp³-hybridized carbons (Fsp3) is 1.00. The van der Waals surface area contributed by atoms with E-state index in [1.165, 1.54) is 61.8 Å². The van der Waals surface area contributed by atoms with Gasteiger partial charge < -0.3 is 4.57 Å². The van der Waals surface area contributed by atoms with Crippen LogP contribution < -0.4 is 10.6 Å². The summed E-state index contributed by atoms with van der Waals surface area (Å²) in [5, 5.41) is 7.70. The maximum absolute atomic E-state index is 3.85. The molecule has 1 saturated heterocycles. The van der Waals surface area contributed by atoms with Gasteiger partial charge in [0.15, 0.2) is 0 Å². The summed E-state index contributed by atoms with van der Waals surface area (Å²) in [5.74, 6) is 1.10. The first-order valence-electron chi connectivity index (χ1n) is 8.46. The summed E-state index contributed by atoms with van der Waals surface area (Å²) in [5.41, 5.74) is 0. The molecule has 0 bridgehead atoms. The lowest BCUT2D eigenvalue weighted by Gasteiger charge is -2.55. The highest BCUT2D eigenvalue weighted by Crippen LogP contribution is 2.39. The van der Waals surface area contributed by atoms with Gasteiger partial charge in [0.2, 0.25) is 0 Å². The van der Waals surface area contributed by atoms with E-state index in [-0.39, 0.29) is 5.79 Å². The number of nitrogens with one attached hydrogen (secondary N) is 2. The summed E-state index contributed by atoms with van der Waals surface area (Å²) in [7, 11) is 1.17. The molecule has 0 amide bonds. The van der Waals surface area contributed by atoms with Crippen LogP contribution in [-0.2, 0) is 0 Å². The van der Waals surface area contributed by atoms with Gasteiger partial charge in [-0.2, -0.15) is 0 Å². The Hall–Kier alpha value is 0.0969. The van der Waals surface area contributed by atoms with E-state index in [2.05, 4.69) is 29.0 Å². The van der Waals surface area contributed by atoms with E-state index in [0.29, 0.717) is 0 Å². The maximum atomic E-state index is 3.85. The zero-order valence-corrected chi connectivity index (χ0v) is 15.2. The van der Waals surface area contributed by atoms with Crippen LogP contribution in [0.5, 0.6) is 0 Å². The Morgan fingerprint density at radius 3 is 2.32 bits per heavy atom. The van der Waals surface area contributed by atoms with Gasteiger partial charge in [-0.05, 0) is 57.5 Å². The smallest absolute Gasteiger partial charge is 0.119 e. The molecule has 2 unspecified atom stereocenters. The number of nitrogens with zero attached hydrogens (tertiary/aromatic N) is 1. The molecule has 2 N–H and O–H groups in total. The highest BCUT2D eigenvalue weighted by atomic mass is 28.2. The second kappa shape index (κ2) is 7.20. The Kier molecular flexibility index (Phi) is 5.87. The molecular weight excluding hydrogens is 250 g/mol. The fourth-order valence-corrected chi connectivity index (χ4v) is 5.26. The molecular formula is C15H33N3Si. The largest absolute Gasteiger partial charge is 0.301 e. The Balaban J connectivity index is 2.07. The quantitative estimate of drug-likeness (QED) is 0.572. The molecule has 0 aromatic carbocycles. The van der Waals surface area contributed by atoms with E-state index in [1.54, 1.807) is 0 Å². The molecule has 1 heterocycles. The summed E-state index contributed by atoms with van der Waals surface area (Å²) in [6, 6.07) is 0.850. The van der Waals surface area contributed by atoms with Crippen molar-refractivity contribution < 1.29 is 0 Å². The number of fused-ring (bicyclic) bond motifs is 1. The zero-order chi connectivity index (χ0) is 13.7. The molecule has 19 heavy (non-hydrogen) atoms. The van der Waals surface area contributed by atoms with E-state index in [4.69, 9.17) is 0 Å². The molecule has 2 rings (SSSR count). The lowest BCUT2D eigenvalue weighted by molar-refractivity contribution is -0.0251. The van der Waals surface area contributed by atoms with Crippen molar-refractivity contribution in [3.05, 3.63) is 0 Å². The van der Waals surface area contributed by atoms with E-state index in [0.717, 1.165) is 25.0 Å². The first-order valence-corrected chi connectivity index (χ1v) is 9.36. The van der Waals surface area contributed by atoms with Crippen LogP contribution in [0.3, 0.4) is 0 Å². The molecule has 4 heteroatoms. The van der Waals surface area contributed by atoms with Crippen LogP contribution in [0.2, 0.25) is 0 Å². The van der Waals surface area contributed by atoms with Crippen LogP contribution in [0.25, 0.3) is 0 Å². The number of piperidine rings is 1. The highest BCUT2D eigenvalue weighted by Gasteiger charge is 2.44. The number of hydrogen-bond donors (Lipinski definition) is 2. The van der Waals surface area contributed by atoms with Crippen LogP contribution in [-0.4, -0.2) is 39.9 Å². The van der Waals surface area contributed by atoms with Crippen molar-refractivity contribution in [2.75, 3.05) is 13.1 Å². The first-order chi connectivity index (χ1) is 9.23. The van der Waals surface area contributed by atoms with Crippen molar-refractivity contribution in [3.63, 3.8) is 0 Å². The molecule has 1 aliphatic carbocycles. The molecule has 0 aromatic heterocycles. The van der Waals surface area contributed by atoms with E-state index >= 15 is 0 Å². The van der Waals surface area contributed by atoms with Crippen molar-refractivity contribution >= 4 is 10.4 Å². The summed E-state index contributed by atoms with van der Waals surface area (Å²) in [4.78, 5) is 0. The van der Waals surface area contributed by atoms with Crippen molar-refractivity contribution in [1.29, 1.82) is 0 Å². The molecule has 2 fully saturated rings. The fourth-order valence-electron chi connectivity index (χ4n) is 4.04. The highest BCUT2D eigenvalue weighted by molar-refractivity contribution is 6.05. The van der Waals surface area contributed by atoms with Crippen molar-refractivity contribution in [2.24, 2.45) is 5.92 Å². The average Bonchev–Trinajstić information content (AvgIpc) is 2.46. The first kappa shape index (κ1) is 15.5. The summed E-state index contributed by atoms with van der Waals surface area (Å²) in [6.45, 7) is 6.80. The SMILES string of the molecule is CCCNC1(NCCC)CCC2CCCCC2N1[SiH3]. The molecule has 0 spiro atoms. The van der Waals surface area contributed by atoms with Crippen LogP contribution in [0, 0.1) is 5.92 Å². The third-order valence-electron chi connectivity index (χ3n) is 5.18. The standard InChI is InChI=1S/C15H33N3Si/c1-3-11-16-15(17-12-4-2)10-9-13-7-5-6-8-14(13)18(15)19/h13-14,16-17H,3-12H2,1-2,19H3. The average molecular weight is 284 g/mol. The van der Waals surface area contributed by atoms with Crippen LogP contribution in [0.1, 0.15) is 65.2 Å². The molecule has 0 radical (unpaired) electrons. The molecule has 112 valence electrons. The Bertz CT molecular complexity index is 264. The molecule has 2 atom stereocenters. The molecule has 0 aromatic rings. The number of rotatable bonds is 6. The summed E-state index contributed by atoms with van der Waals surface area (Å²) < 4.78 is 2.78. The van der Waals surface area contributed by atoms with Crippen LogP contribution in [0.15, 0.2) is 0 Å². The van der Waals surface area contributed by atoms with Gasteiger partial charge in [0.05, 0.1) is 10.4 Å². The lowest BCUT2D eigenvalue weighted by atomic mass is 9.77. The van der Waals surface area contributed by atoms with Gasteiger partial charge in [0.1, 0.15) is 5.79 Å². The molecule has 1 aliphatic heterocycles. The van der Waals surface area contributed by atoms with Crippen LogP contribution in [0.4, 0.5) is 0 Å². The third-order valence-corrected chi connectivity index (χ3v) is 6.61. The normalized spacial score (nSPS) is 31.3. The predicted molar refractivity (Wildman–Crippen MR) is 86.1 cm³/mol. The minimum absolute atomic E-state index is 0.122. The van der Waals surface area contributed by atoms with Crippen molar-refractivity contribution in [1.82, 2.24) is 15.2 Å². The third kappa shape index (κ3) is 3.41. The van der Waals surface area contributed by atoms with Gasteiger partial charge in [-0.25, -0.2) is 0 Å². The van der Waals surface area contributed by atoms with Gasteiger partial charge in [-0.3, -0.25) is 10.6 Å². The van der Waals surface area contributed by atoms with Gasteiger partial charge in [0, 0.05) is 6.04 Å². The summed E-state index contributed by atoms with van der Waals surface area (Å²) >= 11 is 0. The minimum Gasteiger partial charge on any atom is -0.301 e. The second-order valence-corrected chi connectivity index (χ2v) is 7.44. The minimum atomic E-state index is 0.122. The molecule has 3 nitrogen and oxygen atoms in total. The molecule has 2 aliphatic rings. The topological polar surface area (TPSA) is 27.3 Å². The van der Waals surface area contributed by atoms with Gasteiger partial charge in [0.25, 0.3) is 0 Å². The molecule has 1 saturated carbocycles. The van der Waals surface area contributed by atoms with E-state index in [9.17, 15) is 0 Å². The monoisotopic (exact) mass is 283 g/mol.